The van der Waals surface area contributed by atoms with Gasteiger partial charge < -0.3 is 15.0 Å². The van der Waals surface area contributed by atoms with Gasteiger partial charge in [0.25, 0.3) is 0 Å². The number of nitrogens with one attached hydrogen (secondary N) is 2. The van der Waals surface area contributed by atoms with E-state index < -0.39 is 0 Å². The predicted octanol–water partition coefficient (Wildman–Crippen LogP) is 3.10. The highest BCUT2D eigenvalue weighted by Gasteiger charge is 2.02. The summed E-state index contributed by atoms with van der Waals surface area (Å²) >= 11 is 0. The highest BCUT2D eigenvalue weighted by atomic mass is 127. The largest absolute Gasteiger partial charge is 0.357 e. The summed E-state index contributed by atoms with van der Waals surface area (Å²) in [5, 5.41) is 6.66. The van der Waals surface area contributed by atoms with Crippen LogP contribution < -0.4 is 10.6 Å². The average Bonchev–Trinajstić information content (AvgIpc) is 2.89. The number of aromatic nitrogens is 2. The fraction of sp³-hybridized carbons (Fsp3) is 0.529. The zero-order valence-corrected chi connectivity index (χ0v) is 16.6. The van der Waals surface area contributed by atoms with Gasteiger partial charge in [-0.15, -0.1) is 24.0 Å². The third-order valence-corrected chi connectivity index (χ3v) is 3.41. The molecule has 0 saturated carbocycles. The molecule has 5 nitrogen and oxygen atoms in total. The summed E-state index contributed by atoms with van der Waals surface area (Å²) in [6.07, 6.45) is 6.11. The molecule has 2 aromatic heterocycles. The van der Waals surface area contributed by atoms with Crippen molar-refractivity contribution in [3.8, 4) is 0 Å². The quantitative estimate of drug-likeness (QED) is 0.404. The summed E-state index contributed by atoms with van der Waals surface area (Å²) in [5.74, 6) is 1.58. The van der Waals surface area contributed by atoms with Crippen molar-refractivity contribution in [1.82, 2.24) is 20.0 Å². The smallest absolute Gasteiger partial charge is 0.191 e. The van der Waals surface area contributed by atoms with Crippen LogP contribution in [0.4, 0.5) is 0 Å². The van der Waals surface area contributed by atoms with Crippen molar-refractivity contribution in [3.05, 3.63) is 36.3 Å². The first kappa shape index (κ1) is 19.7. The molecule has 2 aromatic rings. The molecule has 0 bridgehead atoms. The monoisotopic (exact) mass is 429 g/mol. The number of rotatable bonds is 7. The third kappa shape index (κ3) is 6.76. The number of nitrogens with zero attached hydrogens (tertiary/aromatic N) is 3. The maximum Gasteiger partial charge on any atom is 0.191 e. The van der Waals surface area contributed by atoms with Crippen LogP contribution in [0.3, 0.4) is 0 Å². The van der Waals surface area contributed by atoms with Crippen LogP contribution in [0.25, 0.3) is 5.65 Å². The van der Waals surface area contributed by atoms with E-state index in [0.29, 0.717) is 5.92 Å². The van der Waals surface area contributed by atoms with Gasteiger partial charge in [0.15, 0.2) is 5.96 Å². The van der Waals surface area contributed by atoms with Gasteiger partial charge in [-0.3, -0.25) is 4.99 Å². The Hall–Kier alpha value is -1.31. The number of pyridine rings is 1. The molecule has 2 rings (SSSR count). The molecule has 0 fully saturated rings. The molecule has 0 saturated heterocycles. The van der Waals surface area contributed by atoms with Crippen molar-refractivity contribution >= 4 is 35.6 Å². The molecule has 128 valence electrons. The number of guanidine groups is 1. The Balaban J connectivity index is 0.00000264. The molecule has 0 aliphatic carbocycles. The molecule has 23 heavy (non-hydrogen) atoms. The summed E-state index contributed by atoms with van der Waals surface area (Å²) in [6.45, 7) is 9.10. The van der Waals surface area contributed by atoms with Crippen molar-refractivity contribution in [2.24, 2.45) is 10.9 Å². The van der Waals surface area contributed by atoms with Gasteiger partial charge in [0, 0.05) is 38.4 Å². The Morgan fingerprint density at radius 1 is 1.30 bits per heavy atom. The normalized spacial score (nSPS) is 11.6. The number of imidazole rings is 1. The van der Waals surface area contributed by atoms with Gasteiger partial charge in [-0.1, -0.05) is 19.9 Å². The molecule has 0 unspecified atom stereocenters. The molecule has 0 aromatic carbocycles. The van der Waals surface area contributed by atoms with E-state index in [4.69, 9.17) is 0 Å². The van der Waals surface area contributed by atoms with Gasteiger partial charge in [-0.25, -0.2) is 4.98 Å². The second-order valence-corrected chi connectivity index (χ2v) is 5.82. The van der Waals surface area contributed by atoms with Gasteiger partial charge in [0.2, 0.25) is 0 Å². The zero-order valence-electron chi connectivity index (χ0n) is 14.2. The van der Waals surface area contributed by atoms with E-state index >= 15 is 0 Å². The first-order valence-electron chi connectivity index (χ1n) is 8.14. The third-order valence-electron chi connectivity index (χ3n) is 3.41. The van der Waals surface area contributed by atoms with E-state index in [0.717, 1.165) is 49.8 Å². The van der Waals surface area contributed by atoms with Crippen LogP contribution >= 0.6 is 24.0 Å². The van der Waals surface area contributed by atoms with Crippen LogP contribution in [0.5, 0.6) is 0 Å². The van der Waals surface area contributed by atoms with E-state index in [-0.39, 0.29) is 24.0 Å². The number of halogens is 1. The van der Waals surface area contributed by atoms with Crippen LogP contribution in [0.15, 0.2) is 35.6 Å². The molecule has 0 aliphatic heterocycles. The highest BCUT2D eigenvalue weighted by Crippen LogP contribution is 2.04. The van der Waals surface area contributed by atoms with Crippen LogP contribution in [0.1, 0.15) is 32.9 Å². The molecular formula is C17H28IN5. The van der Waals surface area contributed by atoms with Crippen molar-refractivity contribution < 1.29 is 0 Å². The Bertz CT molecular complexity index is 573. The number of fused-ring (bicyclic) bond motifs is 1. The molecule has 0 amide bonds. The molecule has 0 aliphatic rings. The predicted molar refractivity (Wildman–Crippen MR) is 108 cm³/mol. The first-order chi connectivity index (χ1) is 10.7. The average molecular weight is 429 g/mol. The Morgan fingerprint density at radius 2 is 2.13 bits per heavy atom. The summed E-state index contributed by atoms with van der Waals surface area (Å²) in [4.78, 5) is 9.20. The Kier molecular flexibility index (Phi) is 8.98. The minimum atomic E-state index is 0. The SMILES string of the molecule is CCNC(=NCCC(C)C)NCCc1cn2ccccc2n1.I. The van der Waals surface area contributed by atoms with Crippen molar-refractivity contribution in [1.29, 1.82) is 0 Å². The minimum absolute atomic E-state index is 0. The summed E-state index contributed by atoms with van der Waals surface area (Å²) < 4.78 is 2.05. The lowest BCUT2D eigenvalue weighted by atomic mass is 10.1. The minimum Gasteiger partial charge on any atom is -0.357 e. The lowest BCUT2D eigenvalue weighted by molar-refractivity contribution is 0.594. The fourth-order valence-electron chi connectivity index (χ4n) is 2.19. The lowest BCUT2D eigenvalue weighted by Crippen LogP contribution is -2.38. The maximum absolute atomic E-state index is 4.60. The summed E-state index contributed by atoms with van der Waals surface area (Å²) in [7, 11) is 0. The van der Waals surface area contributed by atoms with Crippen molar-refractivity contribution in [2.45, 2.75) is 33.6 Å². The summed E-state index contributed by atoms with van der Waals surface area (Å²) in [6, 6.07) is 6.05. The molecule has 0 radical (unpaired) electrons. The number of aliphatic imine (C=N–C) groups is 1. The van der Waals surface area contributed by atoms with E-state index in [2.05, 4.69) is 52.0 Å². The van der Waals surface area contributed by atoms with E-state index in [1.807, 2.05) is 24.4 Å². The summed E-state index contributed by atoms with van der Waals surface area (Å²) in [5.41, 5.74) is 2.09. The first-order valence-corrected chi connectivity index (χ1v) is 8.14. The standard InChI is InChI=1S/C17H27N5.HI/c1-4-18-17(19-10-8-14(2)3)20-11-9-15-13-22-12-6-5-7-16(22)21-15;/h5-7,12-14H,4,8-11H2,1-3H3,(H2,18,19,20);1H. The van der Waals surface area contributed by atoms with Gasteiger partial charge in [0.1, 0.15) is 5.65 Å². The molecular weight excluding hydrogens is 401 g/mol. The van der Waals surface area contributed by atoms with E-state index in [9.17, 15) is 0 Å². The van der Waals surface area contributed by atoms with E-state index in [1.165, 1.54) is 0 Å². The number of hydrogen-bond donors (Lipinski definition) is 2. The van der Waals surface area contributed by atoms with Crippen LogP contribution in [0.2, 0.25) is 0 Å². The van der Waals surface area contributed by atoms with Gasteiger partial charge in [-0.05, 0) is 31.4 Å². The van der Waals surface area contributed by atoms with Gasteiger partial charge >= 0.3 is 0 Å². The van der Waals surface area contributed by atoms with Crippen LogP contribution in [-0.2, 0) is 6.42 Å². The van der Waals surface area contributed by atoms with Crippen LogP contribution in [-0.4, -0.2) is 35.0 Å². The topological polar surface area (TPSA) is 53.7 Å². The van der Waals surface area contributed by atoms with Gasteiger partial charge in [-0.2, -0.15) is 0 Å². The Labute approximate surface area is 156 Å². The molecule has 2 heterocycles. The van der Waals surface area contributed by atoms with Gasteiger partial charge in [0.05, 0.1) is 5.69 Å². The highest BCUT2D eigenvalue weighted by molar-refractivity contribution is 14.0. The lowest BCUT2D eigenvalue weighted by Gasteiger charge is -2.11. The van der Waals surface area contributed by atoms with Crippen molar-refractivity contribution in [2.75, 3.05) is 19.6 Å². The van der Waals surface area contributed by atoms with E-state index in [1.54, 1.807) is 0 Å². The van der Waals surface area contributed by atoms with Crippen LogP contribution in [0, 0.1) is 5.92 Å². The second-order valence-electron chi connectivity index (χ2n) is 5.82. The molecule has 0 atom stereocenters. The second kappa shape index (κ2) is 10.5. The fourth-order valence-corrected chi connectivity index (χ4v) is 2.19. The zero-order chi connectivity index (χ0) is 15.8. The molecule has 2 N–H and O–H groups in total. The molecule has 0 spiro atoms. The maximum atomic E-state index is 4.60. The number of hydrogen-bond acceptors (Lipinski definition) is 2. The Morgan fingerprint density at radius 3 is 2.83 bits per heavy atom. The van der Waals surface area contributed by atoms with Crippen molar-refractivity contribution in [3.63, 3.8) is 0 Å². The molecule has 6 heteroatoms.